The van der Waals surface area contributed by atoms with E-state index in [2.05, 4.69) is 0 Å². The molecule has 0 bridgehead atoms. The van der Waals surface area contributed by atoms with E-state index in [0.29, 0.717) is 17.7 Å². The molecule has 1 aromatic carbocycles. The van der Waals surface area contributed by atoms with Crippen molar-refractivity contribution < 1.29 is 27.7 Å². The molecular formula is C14H23Cl2NO3PRu+. The summed E-state index contributed by atoms with van der Waals surface area (Å²) >= 11 is -2.01. The number of hydrogen-bond acceptors (Lipinski definition) is 4. The average molecular weight is 456 g/mol. The van der Waals surface area contributed by atoms with Gasteiger partial charge >= 0.3 is 147 Å². The van der Waals surface area contributed by atoms with Gasteiger partial charge in [0, 0.05) is 0 Å². The molecule has 128 valence electrons. The first kappa shape index (κ1) is 20.4. The van der Waals surface area contributed by atoms with Crippen molar-refractivity contribution in [2.24, 2.45) is 0 Å². The number of rotatable bonds is 7. The van der Waals surface area contributed by atoms with Crippen LogP contribution in [0.15, 0.2) is 18.2 Å². The first-order valence-electron chi connectivity index (χ1n) is 6.79. The molecule has 0 saturated heterocycles. The molecule has 22 heavy (non-hydrogen) atoms. The third-order valence-electron chi connectivity index (χ3n) is 2.73. The van der Waals surface area contributed by atoms with Gasteiger partial charge in [0.1, 0.15) is 0 Å². The molecule has 0 aliphatic heterocycles. The molecule has 0 heterocycles. The molecule has 1 atom stereocenters. The molecule has 0 radical (unpaired) electrons. The Hall–Kier alpha value is 0.403. The summed E-state index contributed by atoms with van der Waals surface area (Å²) in [7, 11) is 12.8. The van der Waals surface area contributed by atoms with E-state index in [-0.39, 0.29) is 6.10 Å². The van der Waals surface area contributed by atoms with Gasteiger partial charge in [-0.05, 0) is 0 Å². The van der Waals surface area contributed by atoms with Crippen molar-refractivity contribution in [3.63, 3.8) is 0 Å². The first-order valence-corrected chi connectivity index (χ1v) is 13.9. The van der Waals surface area contributed by atoms with E-state index in [1.54, 1.807) is 18.8 Å². The molecule has 0 aliphatic carbocycles. The molecule has 0 aliphatic rings. The van der Waals surface area contributed by atoms with Crippen LogP contribution in [0, 0.1) is 0 Å². The Kier molecular flexibility index (Phi) is 8.40. The van der Waals surface area contributed by atoms with E-state index in [1.165, 1.54) is 0 Å². The van der Waals surface area contributed by atoms with Crippen LogP contribution in [0.25, 0.3) is 0 Å². The second kappa shape index (κ2) is 9.04. The molecule has 1 unspecified atom stereocenters. The summed E-state index contributed by atoms with van der Waals surface area (Å²) < 4.78 is 15.0. The van der Waals surface area contributed by atoms with Crippen LogP contribution in [0.5, 0.6) is 5.75 Å². The number of ether oxygens (including phenoxy) is 1. The fourth-order valence-electron chi connectivity index (χ4n) is 1.84. The van der Waals surface area contributed by atoms with Crippen LogP contribution in [0.4, 0.5) is 0 Å². The van der Waals surface area contributed by atoms with Crippen molar-refractivity contribution >= 4 is 37.2 Å². The van der Waals surface area contributed by atoms with Crippen molar-refractivity contribution in [1.82, 2.24) is 4.67 Å². The first-order chi connectivity index (χ1) is 10.2. The van der Waals surface area contributed by atoms with E-state index < -0.39 is 21.4 Å². The number of hydrogen-bond donors (Lipinski definition) is 1. The van der Waals surface area contributed by atoms with Gasteiger partial charge in [-0.25, -0.2) is 0 Å². The predicted molar refractivity (Wildman–Crippen MR) is 93.2 cm³/mol. The van der Waals surface area contributed by atoms with E-state index >= 15 is 0 Å². The van der Waals surface area contributed by atoms with E-state index in [4.69, 9.17) is 28.6 Å². The SMILES string of the molecule is CCO[P+](O)(c1ccc(OC(C)C)c([CH]=[Ru]([Cl])[Cl])c1)N(C)C. The Bertz CT molecular complexity index is 539. The zero-order valence-corrected chi connectivity index (χ0v) is 17.5. The van der Waals surface area contributed by atoms with Crippen LogP contribution in [-0.4, -0.2) is 41.0 Å². The molecule has 8 heteroatoms. The Balaban J connectivity index is 3.36. The Labute approximate surface area is 146 Å². The summed E-state index contributed by atoms with van der Waals surface area (Å²) in [5.41, 5.74) is 0.801. The Morgan fingerprint density at radius 2 is 2.00 bits per heavy atom. The molecule has 0 spiro atoms. The summed E-state index contributed by atoms with van der Waals surface area (Å²) in [5.74, 6) is 0.709. The molecule has 0 saturated carbocycles. The van der Waals surface area contributed by atoms with E-state index in [9.17, 15) is 4.89 Å². The summed E-state index contributed by atoms with van der Waals surface area (Å²) in [6, 6.07) is 5.52. The minimum atomic E-state index is -2.83. The quantitative estimate of drug-likeness (QED) is 0.504. The van der Waals surface area contributed by atoms with Gasteiger partial charge in [-0.2, -0.15) is 0 Å². The average Bonchev–Trinajstić information content (AvgIpc) is 2.39. The fraction of sp³-hybridized carbons (Fsp3) is 0.500. The topological polar surface area (TPSA) is 41.9 Å². The van der Waals surface area contributed by atoms with Gasteiger partial charge in [0.2, 0.25) is 0 Å². The molecule has 0 fully saturated rings. The second-order valence-electron chi connectivity index (χ2n) is 5.00. The second-order valence-corrected chi connectivity index (χ2v) is 13.4. The Morgan fingerprint density at radius 3 is 2.45 bits per heavy atom. The van der Waals surface area contributed by atoms with Crippen molar-refractivity contribution in [3.8, 4) is 5.75 Å². The third kappa shape index (κ3) is 5.49. The van der Waals surface area contributed by atoms with Gasteiger partial charge in [0.15, 0.2) is 0 Å². The monoisotopic (exact) mass is 456 g/mol. The van der Waals surface area contributed by atoms with Crippen LogP contribution in [-0.2, 0) is 18.0 Å². The normalized spacial score (nSPS) is 14.9. The number of nitrogens with zero attached hydrogens (tertiary/aromatic N) is 1. The summed E-state index contributed by atoms with van der Waals surface area (Å²) in [5, 5.41) is 0.713. The molecule has 1 aromatic rings. The minimum absolute atomic E-state index is 0.0405. The maximum atomic E-state index is 10.9. The zero-order chi connectivity index (χ0) is 16.9. The van der Waals surface area contributed by atoms with Gasteiger partial charge in [0.25, 0.3) is 0 Å². The summed E-state index contributed by atoms with van der Waals surface area (Å²) in [6.45, 7) is 6.20. The summed E-state index contributed by atoms with van der Waals surface area (Å²) in [6.07, 6.45) is 0.0405. The van der Waals surface area contributed by atoms with Gasteiger partial charge in [-0.15, -0.1) is 0 Å². The Morgan fingerprint density at radius 1 is 1.36 bits per heavy atom. The van der Waals surface area contributed by atoms with Crippen LogP contribution >= 0.6 is 27.2 Å². The molecule has 4 nitrogen and oxygen atoms in total. The van der Waals surface area contributed by atoms with Crippen LogP contribution in [0.3, 0.4) is 0 Å². The number of benzene rings is 1. The fourth-order valence-corrected chi connectivity index (χ4v) is 5.40. The van der Waals surface area contributed by atoms with Crippen molar-refractivity contribution in [2.45, 2.75) is 26.9 Å². The van der Waals surface area contributed by atoms with Crippen molar-refractivity contribution in [1.29, 1.82) is 0 Å². The van der Waals surface area contributed by atoms with E-state index in [0.717, 1.165) is 5.56 Å². The molecule has 0 aromatic heterocycles. The van der Waals surface area contributed by atoms with E-state index in [1.807, 2.05) is 43.6 Å². The van der Waals surface area contributed by atoms with Gasteiger partial charge < -0.3 is 0 Å². The molecule has 1 rings (SSSR count). The summed E-state index contributed by atoms with van der Waals surface area (Å²) in [4.78, 5) is 10.9. The predicted octanol–water partition coefficient (Wildman–Crippen LogP) is 3.53. The van der Waals surface area contributed by atoms with Crippen LogP contribution < -0.4 is 10.0 Å². The van der Waals surface area contributed by atoms with Crippen molar-refractivity contribution in [3.05, 3.63) is 23.8 Å². The molecular weight excluding hydrogens is 433 g/mol. The maximum absolute atomic E-state index is 10.9. The van der Waals surface area contributed by atoms with Crippen LogP contribution in [0.2, 0.25) is 0 Å². The van der Waals surface area contributed by atoms with Gasteiger partial charge in [-0.3, -0.25) is 0 Å². The standard InChI is InChI=1S/C14H23NO3P.2ClH.Ru/c1-7-17-19(16,15(5)6)13-8-9-14(12(4)10-13)18-11(2)3;;;/h4,8-11,16H,7H2,1-3,5-6H3;2*1H;/q+1;;;+2/p-2. The zero-order valence-electron chi connectivity index (χ0n) is 13.4. The number of halogens is 2. The van der Waals surface area contributed by atoms with Crippen molar-refractivity contribution in [2.75, 3.05) is 20.7 Å². The van der Waals surface area contributed by atoms with Gasteiger partial charge in [-0.1, -0.05) is 0 Å². The van der Waals surface area contributed by atoms with Gasteiger partial charge in [0.05, 0.1) is 0 Å². The third-order valence-corrected chi connectivity index (χ3v) is 7.22. The van der Waals surface area contributed by atoms with Crippen LogP contribution in [0.1, 0.15) is 26.3 Å². The molecule has 0 amide bonds. The molecule has 1 N–H and O–H groups in total.